The third-order valence-electron chi connectivity index (χ3n) is 4.36. The maximum atomic E-state index is 4.39. The number of rotatable bonds is 4. The molecular formula is C18H24N4. The summed E-state index contributed by atoms with van der Waals surface area (Å²) in [5, 5.41) is 15.5. The largest absolute Gasteiger partial charge is 0.368 e. The highest BCUT2D eigenvalue weighted by molar-refractivity contribution is 5.64. The number of aryl methyl sites for hydroxylation is 2. The summed E-state index contributed by atoms with van der Waals surface area (Å²) in [5.74, 6) is 1.61. The Morgan fingerprint density at radius 3 is 2.64 bits per heavy atom. The minimum atomic E-state index is 0.738. The predicted octanol–water partition coefficient (Wildman–Crippen LogP) is 3.17. The van der Waals surface area contributed by atoms with Gasteiger partial charge in [0.05, 0.1) is 5.69 Å². The Morgan fingerprint density at radius 2 is 1.91 bits per heavy atom. The van der Waals surface area contributed by atoms with Gasteiger partial charge in [0.1, 0.15) is 5.82 Å². The summed E-state index contributed by atoms with van der Waals surface area (Å²) >= 11 is 0. The zero-order valence-corrected chi connectivity index (χ0v) is 13.4. The lowest BCUT2D eigenvalue weighted by Gasteiger charge is -2.22. The number of benzene rings is 1. The van der Waals surface area contributed by atoms with Crippen molar-refractivity contribution in [1.82, 2.24) is 15.5 Å². The Hall–Kier alpha value is -1.94. The van der Waals surface area contributed by atoms with Crippen molar-refractivity contribution in [3.8, 4) is 11.3 Å². The second kappa shape index (κ2) is 6.88. The molecule has 0 radical (unpaired) electrons. The molecule has 0 bridgehead atoms. The number of nitrogens with zero attached hydrogens (tertiary/aromatic N) is 2. The van der Waals surface area contributed by atoms with Crippen LogP contribution in [0.4, 0.5) is 5.82 Å². The molecule has 1 aromatic heterocycles. The zero-order valence-electron chi connectivity index (χ0n) is 13.4. The van der Waals surface area contributed by atoms with E-state index in [-0.39, 0.29) is 0 Å². The molecule has 0 unspecified atom stereocenters. The fourth-order valence-corrected chi connectivity index (χ4v) is 2.92. The fraction of sp³-hybridized carbons (Fsp3) is 0.444. The van der Waals surface area contributed by atoms with Gasteiger partial charge in [-0.15, -0.1) is 10.2 Å². The molecule has 0 aliphatic carbocycles. The second-order valence-electron chi connectivity index (χ2n) is 6.20. The highest BCUT2D eigenvalue weighted by atomic mass is 15.2. The monoisotopic (exact) mass is 296 g/mol. The van der Waals surface area contributed by atoms with Crippen molar-refractivity contribution in [2.24, 2.45) is 5.92 Å². The number of hydrogen-bond donors (Lipinski definition) is 2. The van der Waals surface area contributed by atoms with E-state index in [1.165, 1.54) is 24.0 Å². The van der Waals surface area contributed by atoms with Crippen LogP contribution in [0.3, 0.4) is 0 Å². The molecule has 2 aromatic rings. The summed E-state index contributed by atoms with van der Waals surface area (Å²) < 4.78 is 0. The van der Waals surface area contributed by atoms with Crippen LogP contribution in [0.1, 0.15) is 24.0 Å². The van der Waals surface area contributed by atoms with Gasteiger partial charge in [0.25, 0.3) is 0 Å². The molecule has 0 atom stereocenters. The van der Waals surface area contributed by atoms with E-state index < -0.39 is 0 Å². The van der Waals surface area contributed by atoms with Gasteiger partial charge in [0.15, 0.2) is 0 Å². The van der Waals surface area contributed by atoms with E-state index >= 15 is 0 Å². The Balaban J connectivity index is 1.66. The fourth-order valence-electron chi connectivity index (χ4n) is 2.92. The van der Waals surface area contributed by atoms with Crippen molar-refractivity contribution in [1.29, 1.82) is 0 Å². The van der Waals surface area contributed by atoms with E-state index in [4.69, 9.17) is 0 Å². The van der Waals surface area contributed by atoms with Gasteiger partial charge >= 0.3 is 0 Å². The van der Waals surface area contributed by atoms with E-state index in [2.05, 4.69) is 58.9 Å². The van der Waals surface area contributed by atoms with Crippen molar-refractivity contribution in [2.75, 3.05) is 25.0 Å². The van der Waals surface area contributed by atoms with Gasteiger partial charge in [0.2, 0.25) is 0 Å². The first-order valence-electron chi connectivity index (χ1n) is 8.08. The Kier molecular flexibility index (Phi) is 4.68. The molecule has 1 fully saturated rings. The first-order chi connectivity index (χ1) is 10.7. The summed E-state index contributed by atoms with van der Waals surface area (Å²) in [7, 11) is 0. The molecule has 22 heavy (non-hydrogen) atoms. The van der Waals surface area contributed by atoms with Crippen LogP contribution in [-0.4, -0.2) is 29.8 Å². The summed E-state index contributed by atoms with van der Waals surface area (Å²) in [5.41, 5.74) is 4.58. The van der Waals surface area contributed by atoms with Crippen molar-refractivity contribution >= 4 is 5.82 Å². The molecule has 0 spiro atoms. The molecule has 2 N–H and O–H groups in total. The van der Waals surface area contributed by atoms with Crippen LogP contribution in [0.25, 0.3) is 11.3 Å². The van der Waals surface area contributed by atoms with E-state index in [0.29, 0.717) is 0 Å². The minimum absolute atomic E-state index is 0.738. The first kappa shape index (κ1) is 15.0. The molecule has 4 nitrogen and oxygen atoms in total. The summed E-state index contributed by atoms with van der Waals surface area (Å²) in [6.07, 6.45) is 2.47. The van der Waals surface area contributed by atoms with Crippen molar-refractivity contribution < 1.29 is 0 Å². The Bertz CT molecular complexity index is 615. The highest BCUT2D eigenvalue weighted by Gasteiger charge is 2.12. The van der Waals surface area contributed by atoms with Crippen LogP contribution in [-0.2, 0) is 0 Å². The van der Waals surface area contributed by atoms with E-state index in [9.17, 15) is 0 Å². The molecule has 1 aromatic carbocycles. The first-order valence-corrected chi connectivity index (χ1v) is 8.08. The van der Waals surface area contributed by atoms with Crippen LogP contribution in [0.15, 0.2) is 30.3 Å². The smallest absolute Gasteiger partial charge is 0.148 e. The summed E-state index contributed by atoms with van der Waals surface area (Å²) in [6, 6.07) is 10.5. The quantitative estimate of drug-likeness (QED) is 0.910. The molecular weight excluding hydrogens is 272 g/mol. The van der Waals surface area contributed by atoms with Gasteiger partial charge in [-0.25, -0.2) is 0 Å². The summed E-state index contributed by atoms with van der Waals surface area (Å²) in [6.45, 7) is 7.46. The van der Waals surface area contributed by atoms with Gasteiger partial charge < -0.3 is 10.6 Å². The van der Waals surface area contributed by atoms with Gasteiger partial charge in [0, 0.05) is 12.1 Å². The van der Waals surface area contributed by atoms with Crippen LogP contribution in [0.5, 0.6) is 0 Å². The number of piperidine rings is 1. The molecule has 2 heterocycles. The number of anilines is 1. The zero-order chi connectivity index (χ0) is 15.4. The Labute approximate surface area is 132 Å². The molecule has 1 aliphatic heterocycles. The maximum absolute atomic E-state index is 4.39. The van der Waals surface area contributed by atoms with Crippen LogP contribution in [0.2, 0.25) is 0 Å². The van der Waals surface area contributed by atoms with Gasteiger partial charge in [-0.3, -0.25) is 0 Å². The van der Waals surface area contributed by atoms with Crippen LogP contribution < -0.4 is 10.6 Å². The normalized spacial score (nSPS) is 15.7. The molecule has 0 saturated carbocycles. The highest BCUT2D eigenvalue weighted by Crippen LogP contribution is 2.23. The molecule has 116 valence electrons. The predicted molar refractivity (Wildman–Crippen MR) is 91.0 cm³/mol. The van der Waals surface area contributed by atoms with Crippen molar-refractivity contribution in [3.63, 3.8) is 0 Å². The standard InChI is InChI=1S/C18H24N4/c1-13-3-4-14(2)16(11-13)17-5-6-18(22-21-17)20-12-15-7-9-19-10-8-15/h3-6,11,15,19H,7-10,12H2,1-2H3,(H,20,22). The number of aromatic nitrogens is 2. The Morgan fingerprint density at radius 1 is 1.09 bits per heavy atom. The van der Waals surface area contributed by atoms with E-state index in [1.54, 1.807) is 0 Å². The third-order valence-corrected chi connectivity index (χ3v) is 4.36. The average Bonchev–Trinajstić information content (AvgIpc) is 2.57. The van der Waals surface area contributed by atoms with Crippen molar-refractivity contribution in [2.45, 2.75) is 26.7 Å². The third kappa shape index (κ3) is 3.63. The lowest BCUT2D eigenvalue weighted by molar-refractivity contribution is 0.389. The maximum Gasteiger partial charge on any atom is 0.148 e. The molecule has 0 amide bonds. The molecule has 1 aliphatic rings. The lowest BCUT2D eigenvalue weighted by Crippen LogP contribution is -2.31. The summed E-state index contributed by atoms with van der Waals surface area (Å²) in [4.78, 5) is 0. The van der Waals surface area contributed by atoms with Gasteiger partial charge in [-0.2, -0.15) is 0 Å². The van der Waals surface area contributed by atoms with E-state index in [0.717, 1.165) is 42.6 Å². The van der Waals surface area contributed by atoms with Gasteiger partial charge in [-0.05, 0) is 69.5 Å². The van der Waals surface area contributed by atoms with Crippen LogP contribution >= 0.6 is 0 Å². The molecule has 4 heteroatoms. The minimum Gasteiger partial charge on any atom is -0.368 e. The molecule has 3 rings (SSSR count). The SMILES string of the molecule is Cc1ccc(C)c(-c2ccc(NCC3CCNCC3)nn2)c1. The second-order valence-corrected chi connectivity index (χ2v) is 6.20. The number of nitrogens with one attached hydrogen (secondary N) is 2. The van der Waals surface area contributed by atoms with E-state index in [1.807, 2.05) is 6.07 Å². The van der Waals surface area contributed by atoms with Gasteiger partial charge in [-0.1, -0.05) is 17.7 Å². The van der Waals surface area contributed by atoms with Crippen LogP contribution in [0, 0.1) is 19.8 Å². The topological polar surface area (TPSA) is 49.8 Å². The van der Waals surface area contributed by atoms with Crippen molar-refractivity contribution in [3.05, 3.63) is 41.5 Å². The number of hydrogen-bond acceptors (Lipinski definition) is 4. The lowest BCUT2D eigenvalue weighted by atomic mass is 9.98. The average molecular weight is 296 g/mol. The molecule has 1 saturated heterocycles.